The van der Waals surface area contributed by atoms with Crippen molar-refractivity contribution in [2.45, 2.75) is 44.4 Å². The van der Waals surface area contributed by atoms with Crippen LogP contribution in [0.25, 0.3) is 0 Å². The van der Waals surface area contributed by atoms with Gasteiger partial charge in [0.2, 0.25) is 0 Å². The maximum absolute atomic E-state index is 4.41. The first-order valence-corrected chi connectivity index (χ1v) is 7.83. The third kappa shape index (κ3) is 2.86. The number of rotatable bonds is 3. The number of benzene rings is 1. The topological polar surface area (TPSA) is 3.24 Å². The lowest BCUT2D eigenvalue weighted by molar-refractivity contribution is 0.303. The molecule has 0 N–H and O–H groups in total. The van der Waals surface area contributed by atoms with Gasteiger partial charge in [0.1, 0.15) is 0 Å². The Bertz CT molecular complexity index is 417. The van der Waals surface area contributed by atoms with Gasteiger partial charge in [0.15, 0.2) is 0 Å². The minimum atomic E-state index is 0.710. The molecule has 0 aromatic heterocycles. The Morgan fingerprint density at radius 3 is 2.47 bits per heavy atom. The van der Waals surface area contributed by atoms with E-state index in [0.717, 1.165) is 5.92 Å². The molecule has 2 fully saturated rings. The van der Waals surface area contributed by atoms with E-state index in [9.17, 15) is 0 Å². The first-order valence-electron chi connectivity index (χ1n) is 7.83. The normalized spacial score (nSPS) is 24.6. The summed E-state index contributed by atoms with van der Waals surface area (Å²) in [5.41, 5.74) is 2.93. The molecule has 1 heteroatoms. The van der Waals surface area contributed by atoms with Gasteiger partial charge in [-0.1, -0.05) is 56.2 Å². The van der Waals surface area contributed by atoms with Gasteiger partial charge in [0.25, 0.3) is 0 Å². The molecule has 0 radical (unpaired) electrons. The van der Waals surface area contributed by atoms with E-state index in [0.29, 0.717) is 5.92 Å². The van der Waals surface area contributed by atoms with Gasteiger partial charge in [0.05, 0.1) is 0 Å². The van der Waals surface area contributed by atoms with Crippen molar-refractivity contribution in [1.82, 2.24) is 4.90 Å². The second-order valence-electron chi connectivity index (χ2n) is 6.17. The lowest BCUT2D eigenvalue weighted by atomic mass is 9.87. The minimum absolute atomic E-state index is 0.710. The first-order chi connectivity index (χ1) is 9.34. The minimum Gasteiger partial charge on any atom is -0.374 e. The summed E-state index contributed by atoms with van der Waals surface area (Å²) in [5, 5.41) is 0. The monoisotopic (exact) mass is 255 g/mol. The first kappa shape index (κ1) is 12.8. The van der Waals surface area contributed by atoms with Gasteiger partial charge in [-0.2, -0.15) is 0 Å². The second-order valence-corrected chi connectivity index (χ2v) is 6.17. The second kappa shape index (κ2) is 5.81. The van der Waals surface area contributed by atoms with Crippen molar-refractivity contribution in [2.75, 3.05) is 13.1 Å². The van der Waals surface area contributed by atoms with Gasteiger partial charge in [-0.05, 0) is 30.7 Å². The Morgan fingerprint density at radius 1 is 1.00 bits per heavy atom. The lowest BCUT2D eigenvalue weighted by Gasteiger charge is -2.31. The van der Waals surface area contributed by atoms with E-state index in [2.05, 4.69) is 41.8 Å². The molecule has 1 saturated heterocycles. The van der Waals surface area contributed by atoms with Crippen molar-refractivity contribution in [3.8, 4) is 0 Å². The van der Waals surface area contributed by atoms with Crippen LogP contribution in [0.15, 0.2) is 42.6 Å². The van der Waals surface area contributed by atoms with Gasteiger partial charge in [-0.3, -0.25) is 0 Å². The fourth-order valence-corrected chi connectivity index (χ4v) is 3.71. The predicted octanol–water partition coefficient (Wildman–Crippen LogP) is 4.57. The maximum Gasteiger partial charge on any atom is 0.0244 e. The molecule has 3 rings (SSSR count). The van der Waals surface area contributed by atoms with E-state index < -0.39 is 0 Å². The lowest BCUT2D eigenvalue weighted by Crippen LogP contribution is -2.25. The van der Waals surface area contributed by atoms with Crippen LogP contribution in [-0.2, 0) is 0 Å². The van der Waals surface area contributed by atoms with Crippen LogP contribution in [0.4, 0.5) is 0 Å². The summed E-state index contributed by atoms with van der Waals surface area (Å²) in [7, 11) is 0. The van der Waals surface area contributed by atoms with Gasteiger partial charge in [0, 0.05) is 24.7 Å². The van der Waals surface area contributed by atoms with E-state index in [-0.39, 0.29) is 0 Å². The molecule has 0 amide bonds. The molecule has 0 spiro atoms. The van der Waals surface area contributed by atoms with Crippen molar-refractivity contribution >= 4 is 0 Å². The van der Waals surface area contributed by atoms with E-state index >= 15 is 0 Å². The van der Waals surface area contributed by atoms with E-state index in [1.54, 1.807) is 0 Å². The average Bonchev–Trinajstić information content (AvgIpc) is 2.98. The Kier molecular flexibility index (Phi) is 3.91. The van der Waals surface area contributed by atoms with Crippen LogP contribution in [0.5, 0.6) is 0 Å². The molecule has 1 aromatic carbocycles. The zero-order chi connectivity index (χ0) is 13.1. The van der Waals surface area contributed by atoms with Crippen LogP contribution in [0, 0.1) is 5.92 Å². The van der Waals surface area contributed by atoms with Crippen molar-refractivity contribution < 1.29 is 0 Å². The zero-order valence-electron chi connectivity index (χ0n) is 11.9. The van der Waals surface area contributed by atoms with Crippen LogP contribution >= 0.6 is 0 Å². The summed E-state index contributed by atoms with van der Waals surface area (Å²) in [6.45, 7) is 6.80. The molecule has 19 heavy (non-hydrogen) atoms. The van der Waals surface area contributed by atoms with Crippen LogP contribution in [0.1, 0.15) is 50.0 Å². The number of hydrogen-bond acceptors (Lipinski definition) is 1. The molecule has 1 atom stereocenters. The molecule has 1 aromatic rings. The highest BCUT2D eigenvalue weighted by Crippen LogP contribution is 2.35. The van der Waals surface area contributed by atoms with Gasteiger partial charge < -0.3 is 4.90 Å². The smallest absolute Gasteiger partial charge is 0.0244 e. The quantitative estimate of drug-likeness (QED) is 0.764. The van der Waals surface area contributed by atoms with Crippen molar-refractivity contribution in [2.24, 2.45) is 5.92 Å². The maximum atomic E-state index is 4.41. The Morgan fingerprint density at radius 2 is 1.74 bits per heavy atom. The SMILES string of the molecule is C=C(C1CCCCC1)N1CCC(c2ccccc2)C1. The van der Waals surface area contributed by atoms with E-state index in [4.69, 9.17) is 0 Å². The Balaban J connectivity index is 1.61. The Labute approximate surface area is 117 Å². The van der Waals surface area contributed by atoms with Crippen molar-refractivity contribution in [3.63, 3.8) is 0 Å². The number of allylic oxidation sites excluding steroid dienone is 1. The summed E-state index contributed by atoms with van der Waals surface area (Å²) >= 11 is 0. The molecule has 1 heterocycles. The largest absolute Gasteiger partial charge is 0.374 e. The highest BCUT2D eigenvalue weighted by Gasteiger charge is 2.28. The highest BCUT2D eigenvalue weighted by atomic mass is 15.2. The summed E-state index contributed by atoms with van der Waals surface area (Å²) < 4.78 is 0. The number of nitrogens with zero attached hydrogens (tertiary/aromatic N) is 1. The fraction of sp³-hybridized carbons (Fsp3) is 0.556. The molecule has 1 aliphatic heterocycles. The summed E-state index contributed by atoms with van der Waals surface area (Å²) in [6, 6.07) is 11.0. The predicted molar refractivity (Wildman–Crippen MR) is 81.1 cm³/mol. The van der Waals surface area contributed by atoms with E-state index in [1.807, 2.05) is 0 Å². The average molecular weight is 255 g/mol. The molecule has 1 aliphatic carbocycles. The van der Waals surface area contributed by atoms with Gasteiger partial charge >= 0.3 is 0 Å². The zero-order valence-corrected chi connectivity index (χ0v) is 11.9. The fourth-order valence-electron chi connectivity index (χ4n) is 3.71. The number of likely N-dealkylation sites (tertiary alicyclic amines) is 1. The van der Waals surface area contributed by atoms with Gasteiger partial charge in [-0.25, -0.2) is 0 Å². The summed E-state index contributed by atoms with van der Waals surface area (Å²) in [6.07, 6.45) is 8.25. The standard InChI is InChI=1S/C18H25N/c1-15(16-8-4-2-5-9-16)19-13-12-18(14-19)17-10-6-3-7-11-17/h3,6-7,10-11,16,18H,1-2,4-5,8-9,12-14H2. The van der Waals surface area contributed by atoms with E-state index in [1.165, 1.54) is 62.9 Å². The summed E-state index contributed by atoms with van der Waals surface area (Å²) in [4.78, 5) is 2.56. The third-order valence-corrected chi connectivity index (χ3v) is 4.94. The van der Waals surface area contributed by atoms with Crippen molar-refractivity contribution in [1.29, 1.82) is 0 Å². The molecule has 0 bridgehead atoms. The van der Waals surface area contributed by atoms with Crippen LogP contribution < -0.4 is 0 Å². The molecule has 2 aliphatic rings. The van der Waals surface area contributed by atoms with Crippen LogP contribution in [0.2, 0.25) is 0 Å². The Hall–Kier alpha value is -1.24. The molecular weight excluding hydrogens is 230 g/mol. The molecule has 102 valence electrons. The van der Waals surface area contributed by atoms with Crippen LogP contribution in [0.3, 0.4) is 0 Å². The molecular formula is C18H25N. The molecule has 1 nitrogen and oxygen atoms in total. The van der Waals surface area contributed by atoms with Crippen molar-refractivity contribution in [3.05, 3.63) is 48.2 Å². The third-order valence-electron chi connectivity index (χ3n) is 4.94. The highest BCUT2D eigenvalue weighted by molar-refractivity contribution is 5.22. The number of hydrogen-bond donors (Lipinski definition) is 0. The molecule has 1 saturated carbocycles. The van der Waals surface area contributed by atoms with Gasteiger partial charge in [-0.15, -0.1) is 0 Å². The summed E-state index contributed by atoms with van der Waals surface area (Å²) in [5.74, 6) is 1.48. The molecule has 1 unspecified atom stereocenters. The van der Waals surface area contributed by atoms with Crippen LogP contribution in [-0.4, -0.2) is 18.0 Å².